The molecule has 7 heteroatoms. The molecule has 0 atom stereocenters. The summed E-state index contributed by atoms with van der Waals surface area (Å²) in [5.74, 6) is 1.57. The van der Waals surface area contributed by atoms with E-state index in [4.69, 9.17) is 4.42 Å². The van der Waals surface area contributed by atoms with Crippen LogP contribution >= 0.6 is 0 Å². The van der Waals surface area contributed by atoms with Crippen molar-refractivity contribution < 1.29 is 9.21 Å². The van der Waals surface area contributed by atoms with Crippen LogP contribution in [0.4, 0.5) is 0 Å². The van der Waals surface area contributed by atoms with Crippen LogP contribution in [0.3, 0.4) is 0 Å². The highest BCUT2D eigenvalue weighted by molar-refractivity contribution is 5.99. The number of carbonyl (C=O) groups excluding carboxylic acids is 1. The first-order valence-corrected chi connectivity index (χ1v) is 8.98. The number of oxazole rings is 1. The van der Waals surface area contributed by atoms with E-state index in [9.17, 15) is 4.79 Å². The van der Waals surface area contributed by atoms with Crippen molar-refractivity contribution in [1.82, 2.24) is 24.1 Å². The number of hydrogen-bond donors (Lipinski definition) is 0. The van der Waals surface area contributed by atoms with Crippen LogP contribution in [0.2, 0.25) is 0 Å². The Morgan fingerprint density at radius 2 is 2.07 bits per heavy atom. The smallest absolute Gasteiger partial charge is 0.259 e. The molecule has 1 aliphatic rings. The Morgan fingerprint density at radius 3 is 2.93 bits per heavy atom. The van der Waals surface area contributed by atoms with Crippen LogP contribution in [0.25, 0.3) is 5.65 Å². The summed E-state index contributed by atoms with van der Waals surface area (Å²) in [7, 11) is 1.91. The Kier molecular flexibility index (Phi) is 3.60. The minimum atomic E-state index is -0.0231. The van der Waals surface area contributed by atoms with Gasteiger partial charge in [0.25, 0.3) is 5.91 Å². The molecule has 0 aliphatic carbocycles. The number of fused-ring (bicyclic) bond motifs is 2. The second-order valence-electron chi connectivity index (χ2n) is 6.85. The van der Waals surface area contributed by atoms with Crippen LogP contribution in [0.15, 0.2) is 53.3 Å². The van der Waals surface area contributed by atoms with E-state index in [0.29, 0.717) is 37.4 Å². The van der Waals surface area contributed by atoms with E-state index in [0.717, 1.165) is 22.7 Å². The number of benzene rings is 1. The number of imidazole rings is 1. The summed E-state index contributed by atoms with van der Waals surface area (Å²) >= 11 is 0. The molecule has 7 nitrogen and oxygen atoms in total. The van der Waals surface area contributed by atoms with Crippen molar-refractivity contribution in [2.75, 3.05) is 6.54 Å². The lowest BCUT2D eigenvalue weighted by Gasteiger charge is -2.24. The van der Waals surface area contributed by atoms with Crippen LogP contribution in [0.5, 0.6) is 0 Å². The molecule has 1 aromatic carbocycles. The maximum Gasteiger partial charge on any atom is 0.259 e. The van der Waals surface area contributed by atoms with Gasteiger partial charge >= 0.3 is 0 Å². The molecule has 0 saturated carbocycles. The molecule has 0 N–H and O–H groups in total. The second kappa shape index (κ2) is 6.12. The molecule has 4 aromatic rings. The van der Waals surface area contributed by atoms with Crippen LogP contribution < -0.4 is 0 Å². The quantitative estimate of drug-likeness (QED) is 0.562. The zero-order valence-corrected chi connectivity index (χ0v) is 15.0. The minimum absolute atomic E-state index is 0.0231. The van der Waals surface area contributed by atoms with Gasteiger partial charge in [-0.25, -0.2) is 9.50 Å². The van der Waals surface area contributed by atoms with Crippen LogP contribution in [-0.4, -0.2) is 36.5 Å². The summed E-state index contributed by atoms with van der Waals surface area (Å²) in [6.07, 6.45) is 6.71. The molecule has 3 aromatic heterocycles. The summed E-state index contributed by atoms with van der Waals surface area (Å²) in [6.45, 7) is 1.09. The molecule has 0 unspecified atom stereocenters. The highest BCUT2D eigenvalue weighted by Crippen LogP contribution is 2.23. The van der Waals surface area contributed by atoms with Crippen molar-refractivity contribution in [3.8, 4) is 0 Å². The van der Waals surface area contributed by atoms with Crippen molar-refractivity contribution in [1.29, 1.82) is 0 Å². The third-order valence-electron chi connectivity index (χ3n) is 5.02. The Morgan fingerprint density at radius 1 is 1.22 bits per heavy atom. The van der Waals surface area contributed by atoms with Crippen LogP contribution in [0.1, 0.15) is 33.3 Å². The number of aromatic nitrogens is 4. The van der Waals surface area contributed by atoms with Crippen molar-refractivity contribution >= 4 is 11.6 Å². The summed E-state index contributed by atoms with van der Waals surface area (Å²) < 4.78 is 9.56. The summed E-state index contributed by atoms with van der Waals surface area (Å²) in [4.78, 5) is 19.5. The Bertz CT molecular complexity index is 1120. The number of aryl methyl sites for hydroxylation is 1. The fraction of sp³-hybridized carbons (Fsp3) is 0.250. The van der Waals surface area contributed by atoms with Gasteiger partial charge in [0.05, 0.1) is 12.7 Å². The molecule has 4 heterocycles. The van der Waals surface area contributed by atoms with Gasteiger partial charge in [0.15, 0.2) is 5.89 Å². The molecule has 0 bridgehead atoms. The number of hydrogen-bond acceptors (Lipinski definition) is 4. The third-order valence-corrected chi connectivity index (χ3v) is 5.02. The number of rotatable bonds is 3. The van der Waals surface area contributed by atoms with Gasteiger partial charge in [-0.05, 0) is 5.56 Å². The van der Waals surface area contributed by atoms with Gasteiger partial charge in [-0.3, -0.25) is 4.79 Å². The van der Waals surface area contributed by atoms with Gasteiger partial charge in [0.2, 0.25) is 0 Å². The van der Waals surface area contributed by atoms with Gasteiger partial charge in [0.1, 0.15) is 22.7 Å². The maximum atomic E-state index is 13.0. The van der Waals surface area contributed by atoms with Crippen molar-refractivity contribution in [3.05, 3.63) is 77.4 Å². The standard InChI is InChI=1S/C20H19N5O2/c1-23-9-10-25-19(23)15(12-21-25)20(26)24-8-7-17-16(13-24)22-18(27-17)11-14-5-3-2-4-6-14/h2-6,9-10,12H,7-8,11,13H2,1H3. The van der Waals surface area contributed by atoms with E-state index < -0.39 is 0 Å². The first-order valence-electron chi connectivity index (χ1n) is 8.98. The zero-order valence-electron chi connectivity index (χ0n) is 15.0. The third kappa shape index (κ3) is 2.71. The fourth-order valence-electron chi connectivity index (χ4n) is 3.64. The Hall–Kier alpha value is -3.35. The number of nitrogens with zero attached hydrogens (tertiary/aromatic N) is 5. The predicted octanol–water partition coefficient (Wildman–Crippen LogP) is 2.45. The average molecular weight is 361 g/mol. The SMILES string of the molecule is Cn1ccn2ncc(C(=O)N3CCc4oc(Cc5ccccc5)nc4C3)c12. The molecule has 0 fully saturated rings. The van der Waals surface area contributed by atoms with E-state index in [2.05, 4.69) is 22.2 Å². The first-order chi connectivity index (χ1) is 13.2. The lowest BCUT2D eigenvalue weighted by atomic mass is 10.1. The molecule has 5 rings (SSSR count). The minimum Gasteiger partial charge on any atom is -0.445 e. The largest absolute Gasteiger partial charge is 0.445 e. The average Bonchev–Trinajstić information content (AvgIpc) is 3.37. The summed E-state index contributed by atoms with van der Waals surface area (Å²) in [5, 5.41) is 4.26. The van der Waals surface area contributed by atoms with Crippen molar-refractivity contribution in [3.63, 3.8) is 0 Å². The molecule has 1 aliphatic heterocycles. The van der Waals surface area contributed by atoms with Crippen molar-refractivity contribution in [2.24, 2.45) is 7.05 Å². The van der Waals surface area contributed by atoms with Gasteiger partial charge in [-0.15, -0.1) is 0 Å². The first kappa shape index (κ1) is 15.9. The van der Waals surface area contributed by atoms with Crippen molar-refractivity contribution in [2.45, 2.75) is 19.4 Å². The molecular formula is C20H19N5O2. The number of carbonyl (C=O) groups is 1. The zero-order chi connectivity index (χ0) is 18.4. The summed E-state index contributed by atoms with van der Waals surface area (Å²) in [6, 6.07) is 10.1. The van der Waals surface area contributed by atoms with Crippen LogP contribution in [0, 0.1) is 0 Å². The molecule has 0 saturated heterocycles. The lowest BCUT2D eigenvalue weighted by molar-refractivity contribution is 0.0729. The molecule has 0 spiro atoms. The fourth-order valence-corrected chi connectivity index (χ4v) is 3.64. The van der Waals surface area contributed by atoms with E-state index in [1.807, 2.05) is 47.1 Å². The van der Waals surface area contributed by atoms with Gasteiger partial charge in [-0.1, -0.05) is 30.3 Å². The van der Waals surface area contributed by atoms with Gasteiger partial charge < -0.3 is 13.9 Å². The number of amides is 1. The molecule has 136 valence electrons. The molecular weight excluding hydrogens is 342 g/mol. The van der Waals surface area contributed by atoms with E-state index in [1.54, 1.807) is 10.7 Å². The highest BCUT2D eigenvalue weighted by atomic mass is 16.4. The monoisotopic (exact) mass is 361 g/mol. The second-order valence-corrected chi connectivity index (χ2v) is 6.85. The molecule has 0 radical (unpaired) electrons. The lowest BCUT2D eigenvalue weighted by Crippen LogP contribution is -2.35. The molecule has 1 amide bonds. The van der Waals surface area contributed by atoms with E-state index >= 15 is 0 Å². The Labute approximate surface area is 155 Å². The van der Waals surface area contributed by atoms with Gasteiger partial charge in [0, 0.05) is 38.8 Å². The molecule has 27 heavy (non-hydrogen) atoms. The predicted molar refractivity (Wildman–Crippen MR) is 98.4 cm³/mol. The van der Waals surface area contributed by atoms with Crippen LogP contribution in [-0.2, 0) is 26.4 Å². The normalized spacial score (nSPS) is 13.9. The summed E-state index contributed by atoms with van der Waals surface area (Å²) in [5.41, 5.74) is 3.43. The Balaban J connectivity index is 1.38. The maximum absolute atomic E-state index is 13.0. The van der Waals surface area contributed by atoms with E-state index in [-0.39, 0.29) is 5.91 Å². The van der Waals surface area contributed by atoms with E-state index in [1.165, 1.54) is 0 Å². The van der Waals surface area contributed by atoms with Gasteiger partial charge in [-0.2, -0.15) is 5.10 Å². The topological polar surface area (TPSA) is 68.6 Å². The highest BCUT2D eigenvalue weighted by Gasteiger charge is 2.28.